The van der Waals surface area contributed by atoms with Gasteiger partial charge in [0, 0.05) is 0 Å². The standard InChI is InChI=1S/C8H6O2.BH3O2/c1-10-8(9)6-3-2-5-4-7(5)6;2-1-3/h2-4H,1H3;1-3H. The van der Waals surface area contributed by atoms with Crippen LogP contribution in [0.1, 0.15) is 10.4 Å². The van der Waals surface area contributed by atoms with Crippen molar-refractivity contribution >= 4 is 13.7 Å². The molecule has 0 aromatic carbocycles. The van der Waals surface area contributed by atoms with Crippen LogP contribution in [0.4, 0.5) is 0 Å². The van der Waals surface area contributed by atoms with Gasteiger partial charge in [-0.2, -0.15) is 0 Å². The van der Waals surface area contributed by atoms with Gasteiger partial charge in [0.15, 0.2) is 0 Å². The van der Waals surface area contributed by atoms with E-state index in [2.05, 4.69) is 4.74 Å². The van der Waals surface area contributed by atoms with Crippen molar-refractivity contribution in [2.45, 2.75) is 0 Å². The molecule has 2 aliphatic carbocycles. The lowest BCUT2D eigenvalue weighted by atomic mass is 10.3. The molecule has 0 aliphatic heterocycles. The van der Waals surface area contributed by atoms with E-state index in [0.29, 0.717) is 5.56 Å². The van der Waals surface area contributed by atoms with Crippen LogP contribution in [0.5, 0.6) is 0 Å². The second-order valence-electron chi connectivity index (χ2n) is 2.39. The molecule has 0 heterocycles. The summed E-state index contributed by atoms with van der Waals surface area (Å²) in [5.74, 6) is -0.241. The summed E-state index contributed by atoms with van der Waals surface area (Å²) < 4.78 is 4.55. The molecule has 0 radical (unpaired) electrons. The highest BCUT2D eigenvalue weighted by Gasteiger charge is 2.22. The van der Waals surface area contributed by atoms with Gasteiger partial charge in [-0.05, 0) is 23.3 Å². The average Bonchev–Trinajstić information content (AvgIpc) is 2.78. The van der Waals surface area contributed by atoms with Crippen LogP contribution in [-0.2, 0) is 4.74 Å². The van der Waals surface area contributed by atoms with Gasteiger partial charge < -0.3 is 14.8 Å². The van der Waals surface area contributed by atoms with Crippen molar-refractivity contribution in [2.24, 2.45) is 0 Å². The highest BCUT2D eigenvalue weighted by Crippen LogP contribution is 2.38. The van der Waals surface area contributed by atoms with E-state index in [1.807, 2.05) is 12.1 Å². The summed E-state index contributed by atoms with van der Waals surface area (Å²) in [6.07, 6.45) is 0. The fraction of sp³-hybridized carbons (Fsp3) is 0.125. The van der Waals surface area contributed by atoms with Crippen LogP contribution in [-0.4, -0.2) is 30.8 Å². The topological polar surface area (TPSA) is 66.8 Å². The number of carbonyl (C=O) groups excluding carboxylic acids is 1. The van der Waals surface area contributed by atoms with E-state index in [-0.39, 0.29) is 5.97 Å². The normalized spacial score (nSPS) is 9.46. The second-order valence-corrected chi connectivity index (χ2v) is 2.39. The Hall–Kier alpha value is -1.33. The summed E-state index contributed by atoms with van der Waals surface area (Å²) in [4.78, 5) is 10.9. The van der Waals surface area contributed by atoms with Gasteiger partial charge in [0.1, 0.15) is 0 Å². The third-order valence-electron chi connectivity index (χ3n) is 1.65. The van der Waals surface area contributed by atoms with Crippen LogP contribution in [0.3, 0.4) is 0 Å². The van der Waals surface area contributed by atoms with Crippen molar-refractivity contribution in [2.75, 3.05) is 7.11 Å². The lowest BCUT2D eigenvalue weighted by Crippen LogP contribution is -1.98. The minimum absolute atomic E-state index is 0.241. The third-order valence-corrected chi connectivity index (χ3v) is 1.65. The minimum Gasteiger partial charge on any atom is -0.465 e. The van der Waals surface area contributed by atoms with E-state index in [9.17, 15) is 4.79 Å². The number of ether oxygens (including phenoxy) is 1. The first-order valence-corrected chi connectivity index (χ1v) is 3.69. The summed E-state index contributed by atoms with van der Waals surface area (Å²) >= 11 is 0. The number of rotatable bonds is 1. The van der Waals surface area contributed by atoms with Crippen molar-refractivity contribution in [1.82, 2.24) is 0 Å². The number of methoxy groups -OCH3 is 1. The number of hydrogen-bond acceptors (Lipinski definition) is 4. The van der Waals surface area contributed by atoms with Crippen LogP contribution >= 0.6 is 0 Å². The van der Waals surface area contributed by atoms with Crippen molar-refractivity contribution < 1.29 is 19.6 Å². The van der Waals surface area contributed by atoms with Gasteiger partial charge in [-0.25, -0.2) is 4.79 Å². The molecular formula is C8H9BO4. The Labute approximate surface area is 76.1 Å². The Morgan fingerprint density at radius 3 is 2.38 bits per heavy atom. The number of benzene rings is 1. The largest absolute Gasteiger partial charge is 0.465 e. The van der Waals surface area contributed by atoms with Gasteiger partial charge in [-0.15, -0.1) is 0 Å². The van der Waals surface area contributed by atoms with Gasteiger partial charge in [-0.3, -0.25) is 0 Å². The Morgan fingerprint density at radius 2 is 2.08 bits per heavy atom. The van der Waals surface area contributed by atoms with Gasteiger partial charge >= 0.3 is 13.7 Å². The summed E-state index contributed by atoms with van der Waals surface area (Å²) in [6, 6.07) is 5.67. The molecule has 4 nitrogen and oxygen atoms in total. The monoisotopic (exact) mass is 180 g/mol. The maximum absolute atomic E-state index is 10.9. The molecule has 0 amide bonds. The summed E-state index contributed by atoms with van der Waals surface area (Å²) in [6.45, 7) is 0. The molecule has 2 rings (SSSR count). The molecule has 0 atom stereocenters. The predicted molar refractivity (Wildman–Crippen MR) is 48.4 cm³/mol. The number of fused-ring (bicyclic) bond motifs is 1. The molecule has 0 bridgehead atoms. The molecule has 0 aromatic heterocycles. The van der Waals surface area contributed by atoms with E-state index in [1.165, 1.54) is 12.7 Å². The lowest BCUT2D eigenvalue weighted by molar-refractivity contribution is 0.0602. The van der Waals surface area contributed by atoms with Crippen LogP contribution < -0.4 is 0 Å². The molecule has 0 spiro atoms. The van der Waals surface area contributed by atoms with Gasteiger partial charge in [-0.1, -0.05) is 6.07 Å². The predicted octanol–water partition coefficient (Wildman–Crippen LogP) is -0.309. The minimum atomic E-state index is -0.750. The molecule has 0 fully saturated rings. The zero-order valence-corrected chi connectivity index (χ0v) is 7.15. The highest BCUT2D eigenvalue weighted by atomic mass is 16.5. The average molecular weight is 180 g/mol. The highest BCUT2D eigenvalue weighted by molar-refractivity contribution is 6.13. The van der Waals surface area contributed by atoms with Crippen LogP contribution in [0.25, 0.3) is 11.1 Å². The van der Waals surface area contributed by atoms with Crippen LogP contribution in [0, 0.1) is 0 Å². The van der Waals surface area contributed by atoms with Crippen molar-refractivity contribution in [3.63, 3.8) is 0 Å². The maximum atomic E-state index is 10.9. The molecule has 68 valence electrons. The quantitative estimate of drug-likeness (QED) is 0.466. The number of hydrogen-bond donors (Lipinski definition) is 2. The molecule has 2 N–H and O–H groups in total. The van der Waals surface area contributed by atoms with E-state index in [0.717, 1.165) is 5.56 Å². The van der Waals surface area contributed by atoms with E-state index >= 15 is 0 Å². The third kappa shape index (κ3) is 2.08. The van der Waals surface area contributed by atoms with Crippen LogP contribution in [0.15, 0.2) is 18.2 Å². The van der Waals surface area contributed by atoms with E-state index < -0.39 is 7.69 Å². The van der Waals surface area contributed by atoms with Crippen molar-refractivity contribution in [3.8, 4) is 11.1 Å². The Bertz CT molecular complexity index is 324. The summed E-state index contributed by atoms with van der Waals surface area (Å²) in [7, 11) is 0.643. The van der Waals surface area contributed by atoms with Crippen molar-refractivity contribution in [3.05, 3.63) is 23.8 Å². The lowest BCUT2D eigenvalue weighted by Gasteiger charge is -1.92. The number of carbonyl (C=O) groups is 1. The van der Waals surface area contributed by atoms with E-state index in [1.54, 1.807) is 6.07 Å². The smallest absolute Gasteiger partial charge is 0.432 e. The van der Waals surface area contributed by atoms with Crippen molar-refractivity contribution in [1.29, 1.82) is 0 Å². The molecule has 0 saturated carbocycles. The first-order chi connectivity index (χ1) is 6.24. The first kappa shape index (κ1) is 9.76. The maximum Gasteiger partial charge on any atom is 0.432 e. The fourth-order valence-corrected chi connectivity index (χ4v) is 1.04. The fourth-order valence-electron chi connectivity index (χ4n) is 1.04. The molecule has 5 heteroatoms. The van der Waals surface area contributed by atoms with E-state index in [4.69, 9.17) is 10.0 Å². The molecule has 13 heavy (non-hydrogen) atoms. The van der Waals surface area contributed by atoms with Crippen LogP contribution in [0.2, 0.25) is 0 Å². The Morgan fingerprint density at radius 1 is 1.46 bits per heavy atom. The molecule has 0 unspecified atom stereocenters. The SMILES string of the molecule is COC(=O)c1ccc2cc1-2.OBO. The molecule has 0 aromatic rings. The first-order valence-electron chi connectivity index (χ1n) is 3.69. The zero-order valence-electron chi connectivity index (χ0n) is 7.15. The number of esters is 1. The Kier molecular flexibility index (Phi) is 3.05. The van der Waals surface area contributed by atoms with Gasteiger partial charge in [0.05, 0.1) is 12.7 Å². The van der Waals surface area contributed by atoms with Gasteiger partial charge in [0.25, 0.3) is 0 Å². The molecule has 0 saturated heterocycles. The second kappa shape index (κ2) is 4.07. The van der Waals surface area contributed by atoms with Gasteiger partial charge in [0.2, 0.25) is 0 Å². The Balaban J connectivity index is 0.000000251. The molecule has 2 aliphatic rings. The zero-order chi connectivity index (χ0) is 9.84. The molecular weight excluding hydrogens is 171 g/mol. The summed E-state index contributed by atoms with van der Waals surface area (Å²) in [5, 5.41) is 14.2. The summed E-state index contributed by atoms with van der Waals surface area (Å²) in [5.41, 5.74) is 2.91.